The number of benzene rings is 2. The van der Waals surface area contributed by atoms with E-state index in [0.717, 1.165) is 55.3 Å². The topological polar surface area (TPSA) is 44.8 Å². The highest BCUT2D eigenvalue weighted by Gasteiger charge is 2.19. The number of para-hydroxylation sites is 1. The summed E-state index contributed by atoms with van der Waals surface area (Å²) in [5.74, 6) is 0.953. The summed E-state index contributed by atoms with van der Waals surface area (Å²) in [6.45, 7) is 9.22. The number of anilines is 1. The summed E-state index contributed by atoms with van der Waals surface area (Å²) in [5.41, 5.74) is 4.44. The zero-order chi connectivity index (χ0) is 19.2. The van der Waals surface area contributed by atoms with Gasteiger partial charge in [-0.2, -0.15) is 0 Å². The van der Waals surface area contributed by atoms with E-state index < -0.39 is 0 Å². The molecule has 1 saturated heterocycles. The molecule has 3 rings (SSSR count). The van der Waals surface area contributed by atoms with Crippen molar-refractivity contribution in [3.05, 3.63) is 59.2 Å². The molecule has 0 radical (unpaired) electrons. The summed E-state index contributed by atoms with van der Waals surface area (Å²) in [5, 5.41) is 3.08. The Bertz CT molecular complexity index is 745. The number of piperazine rings is 1. The third-order valence-corrected chi connectivity index (χ3v) is 5.14. The van der Waals surface area contributed by atoms with E-state index in [9.17, 15) is 4.79 Å². The smallest absolute Gasteiger partial charge is 0.238 e. The van der Waals surface area contributed by atoms with E-state index in [-0.39, 0.29) is 5.91 Å². The molecular weight excluding hydrogens is 338 g/mol. The van der Waals surface area contributed by atoms with Gasteiger partial charge in [0.1, 0.15) is 5.75 Å². The zero-order valence-electron chi connectivity index (χ0n) is 16.5. The van der Waals surface area contributed by atoms with Crippen LogP contribution in [0.3, 0.4) is 0 Å². The second-order valence-electron chi connectivity index (χ2n) is 7.22. The van der Waals surface area contributed by atoms with Crippen molar-refractivity contribution in [3.8, 4) is 5.75 Å². The van der Waals surface area contributed by atoms with Gasteiger partial charge < -0.3 is 10.1 Å². The van der Waals surface area contributed by atoms with Gasteiger partial charge in [0, 0.05) is 38.4 Å². The maximum Gasteiger partial charge on any atom is 0.238 e. The van der Waals surface area contributed by atoms with Gasteiger partial charge in [-0.15, -0.1) is 0 Å². The number of hydrogen-bond acceptors (Lipinski definition) is 4. The largest absolute Gasteiger partial charge is 0.497 e. The van der Waals surface area contributed by atoms with Gasteiger partial charge in [-0.1, -0.05) is 30.3 Å². The van der Waals surface area contributed by atoms with Gasteiger partial charge in [-0.05, 0) is 42.7 Å². The molecule has 1 amide bonds. The fraction of sp³-hybridized carbons (Fsp3) is 0.409. The number of hydrogen-bond donors (Lipinski definition) is 1. The Hall–Kier alpha value is -2.37. The lowest BCUT2D eigenvalue weighted by atomic mass is 10.1. The van der Waals surface area contributed by atoms with Gasteiger partial charge in [0.25, 0.3) is 0 Å². The lowest BCUT2D eigenvalue weighted by Crippen LogP contribution is -2.48. The summed E-state index contributed by atoms with van der Waals surface area (Å²) < 4.78 is 5.21. The number of nitrogens with zero attached hydrogens (tertiary/aromatic N) is 2. The number of methoxy groups -OCH3 is 1. The fourth-order valence-electron chi connectivity index (χ4n) is 3.49. The van der Waals surface area contributed by atoms with Crippen LogP contribution < -0.4 is 10.1 Å². The Morgan fingerprint density at radius 1 is 0.963 bits per heavy atom. The predicted octanol–water partition coefficient (Wildman–Crippen LogP) is 3.07. The van der Waals surface area contributed by atoms with Crippen LogP contribution in [-0.2, 0) is 11.3 Å². The average molecular weight is 367 g/mol. The molecule has 1 heterocycles. The van der Waals surface area contributed by atoms with Crippen molar-refractivity contribution in [2.45, 2.75) is 20.4 Å². The summed E-state index contributed by atoms with van der Waals surface area (Å²) in [4.78, 5) is 17.1. The molecule has 2 aromatic carbocycles. The number of nitrogens with one attached hydrogen (secondary N) is 1. The van der Waals surface area contributed by atoms with Crippen molar-refractivity contribution in [3.63, 3.8) is 0 Å². The maximum absolute atomic E-state index is 12.4. The number of carbonyl (C=O) groups excluding carboxylic acids is 1. The fourth-order valence-corrected chi connectivity index (χ4v) is 3.49. The molecule has 0 aromatic heterocycles. The predicted molar refractivity (Wildman–Crippen MR) is 109 cm³/mol. The van der Waals surface area contributed by atoms with Gasteiger partial charge in [-0.3, -0.25) is 14.6 Å². The monoisotopic (exact) mass is 367 g/mol. The molecule has 1 N–H and O–H groups in total. The number of aryl methyl sites for hydroxylation is 2. The third kappa shape index (κ3) is 5.31. The molecule has 1 aliphatic rings. The van der Waals surface area contributed by atoms with Gasteiger partial charge in [-0.25, -0.2) is 0 Å². The van der Waals surface area contributed by atoms with Crippen LogP contribution in [0.4, 0.5) is 5.69 Å². The van der Waals surface area contributed by atoms with Crippen molar-refractivity contribution < 1.29 is 9.53 Å². The molecule has 5 nitrogen and oxygen atoms in total. The first kappa shape index (κ1) is 19.4. The van der Waals surface area contributed by atoms with Crippen LogP contribution in [-0.4, -0.2) is 55.5 Å². The molecule has 144 valence electrons. The van der Waals surface area contributed by atoms with E-state index >= 15 is 0 Å². The summed E-state index contributed by atoms with van der Waals surface area (Å²) >= 11 is 0. The molecular formula is C22H29N3O2. The lowest BCUT2D eigenvalue weighted by molar-refractivity contribution is -0.117. The highest BCUT2D eigenvalue weighted by molar-refractivity contribution is 5.93. The standard InChI is InChI=1S/C22H29N3O2/c1-17-5-4-6-18(2)22(17)23-21(26)16-25-13-11-24(12-14-25)15-19-7-9-20(27-3)10-8-19/h4-10H,11-16H2,1-3H3,(H,23,26). The van der Waals surface area contributed by atoms with Crippen LogP contribution in [0.25, 0.3) is 0 Å². The van der Waals surface area contributed by atoms with Crippen molar-refractivity contribution >= 4 is 11.6 Å². The van der Waals surface area contributed by atoms with Crippen LogP contribution in [0.2, 0.25) is 0 Å². The second-order valence-corrected chi connectivity index (χ2v) is 7.22. The third-order valence-electron chi connectivity index (χ3n) is 5.14. The van der Waals surface area contributed by atoms with Crippen LogP contribution in [0.15, 0.2) is 42.5 Å². The number of ether oxygens (including phenoxy) is 1. The van der Waals surface area contributed by atoms with Crippen LogP contribution >= 0.6 is 0 Å². The first-order valence-electron chi connectivity index (χ1n) is 9.49. The molecule has 27 heavy (non-hydrogen) atoms. The molecule has 0 bridgehead atoms. The minimum Gasteiger partial charge on any atom is -0.497 e. The Morgan fingerprint density at radius 3 is 2.15 bits per heavy atom. The maximum atomic E-state index is 12.4. The number of amides is 1. The van der Waals surface area contributed by atoms with Gasteiger partial charge in [0.15, 0.2) is 0 Å². The molecule has 0 aliphatic carbocycles. The van der Waals surface area contributed by atoms with E-state index in [0.29, 0.717) is 6.54 Å². The van der Waals surface area contributed by atoms with Gasteiger partial charge >= 0.3 is 0 Å². The van der Waals surface area contributed by atoms with Crippen molar-refractivity contribution in [1.82, 2.24) is 9.80 Å². The van der Waals surface area contributed by atoms with Crippen molar-refractivity contribution in [1.29, 1.82) is 0 Å². The highest BCUT2D eigenvalue weighted by atomic mass is 16.5. The highest BCUT2D eigenvalue weighted by Crippen LogP contribution is 2.19. The quantitative estimate of drug-likeness (QED) is 0.852. The van der Waals surface area contributed by atoms with E-state index in [1.807, 2.05) is 44.2 Å². The Kier molecular flexibility index (Phi) is 6.48. The van der Waals surface area contributed by atoms with Gasteiger partial charge in [0.05, 0.1) is 13.7 Å². The van der Waals surface area contributed by atoms with E-state index in [4.69, 9.17) is 4.74 Å². The van der Waals surface area contributed by atoms with Crippen molar-refractivity contribution in [2.24, 2.45) is 0 Å². The second kappa shape index (κ2) is 9.02. The van der Waals surface area contributed by atoms with Crippen molar-refractivity contribution in [2.75, 3.05) is 45.2 Å². The first-order chi connectivity index (χ1) is 13.0. The van der Waals surface area contributed by atoms with Crippen LogP contribution in [0.5, 0.6) is 5.75 Å². The minimum absolute atomic E-state index is 0.0657. The molecule has 0 atom stereocenters. The average Bonchev–Trinajstić information content (AvgIpc) is 2.67. The molecule has 0 saturated carbocycles. The van der Waals surface area contributed by atoms with E-state index in [1.165, 1.54) is 5.56 Å². The summed E-state index contributed by atoms with van der Waals surface area (Å²) in [6.07, 6.45) is 0. The number of rotatable bonds is 6. The zero-order valence-corrected chi connectivity index (χ0v) is 16.5. The van der Waals surface area contributed by atoms with Crippen LogP contribution in [0.1, 0.15) is 16.7 Å². The molecule has 2 aromatic rings. The molecule has 1 fully saturated rings. The normalized spacial score (nSPS) is 15.5. The number of carbonyl (C=O) groups is 1. The first-order valence-corrected chi connectivity index (χ1v) is 9.49. The Labute approximate surface area is 161 Å². The summed E-state index contributed by atoms with van der Waals surface area (Å²) in [7, 11) is 1.69. The molecule has 1 aliphatic heterocycles. The molecule has 0 unspecified atom stereocenters. The van der Waals surface area contributed by atoms with Crippen LogP contribution in [0, 0.1) is 13.8 Å². The van der Waals surface area contributed by atoms with E-state index in [2.05, 4.69) is 27.2 Å². The Morgan fingerprint density at radius 2 is 1.56 bits per heavy atom. The van der Waals surface area contributed by atoms with E-state index in [1.54, 1.807) is 7.11 Å². The minimum atomic E-state index is 0.0657. The SMILES string of the molecule is COc1ccc(CN2CCN(CC(=O)Nc3c(C)cccc3C)CC2)cc1. The molecule has 0 spiro atoms. The van der Waals surface area contributed by atoms with Gasteiger partial charge in [0.2, 0.25) is 5.91 Å². The lowest BCUT2D eigenvalue weighted by Gasteiger charge is -2.34. The Balaban J connectivity index is 1.45. The molecule has 5 heteroatoms. The summed E-state index contributed by atoms with van der Waals surface area (Å²) in [6, 6.07) is 14.3.